The SMILES string of the molecule is CCCCC(CC(C)O)OC(C)=O. The number of ether oxygens (including phenoxy) is 1. The fourth-order valence-electron chi connectivity index (χ4n) is 1.27. The molecule has 0 aromatic carbocycles. The third kappa shape index (κ3) is 7.78. The van der Waals surface area contributed by atoms with Crippen molar-refractivity contribution in [2.24, 2.45) is 0 Å². The van der Waals surface area contributed by atoms with Gasteiger partial charge in [0.15, 0.2) is 0 Å². The summed E-state index contributed by atoms with van der Waals surface area (Å²) in [5.41, 5.74) is 0. The number of hydrogen-bond acceptors (Lipinski definition) is 3. The summed E-state index contributed by atoms with van der Waals surface area (Å²) in [5, 5.41) is 9.14. The summed E-state index contributed by atoms with van der Waals surface area (Å²) in [6, 6.07) is 0. The van der Waals surface area contributed by atoms with Crippen molar-refractivity contribution < 1.29 is 14.6 Å². The van der Waals surface area contributed by atoms with E-state index in [1.54, 1.807) is 6.92 Å². The maximum absolute atomic E-state index is 10.7. The van der Waals surface area contributed by atoms with Gasteiger partial charge in [0.25, 0.3) is 0 Å². The van der Waals surface area contributed by atoms with Gasteiger partial charge in [0.2, 0.25) is 0 Å². The summed E-state index contributed by atoms with van der Waals surface area (Å²) in [5.74, 6) is -0.262. The topological polar surface area (TPSA) is 46.5 Å². The van der Waals surface area contributed by atoms with Crippen LogP contribution in [0.2, 0.25) is 0 Å². The molecular formula is C10H20O3. The first-order chi connectivity index (χ1) is 6.06. The molecule has 13 heavy (non-hydrogen) atoms. The largest absolute Gasteiger partial charge is 0.462 e. The first-order valence-corrected chi connectivity index (χ1v) is 4.91. The molecule has 0 bridgehead atoms. The van der Waals surface area contributed by atoms with E-state index < -0.39 is 6.10 Å². The highest BCUT2D eigenvalue weighted by atomic mass is 16.5. The van der Waals surface area contributed by atoms with Crippen molar-refractivity contribution >= 4 is 5.97 Å². The van der Waals surface area contributed by atoms with Gasteiger partial charge >= 0.3 is 5.97 Å². The van der Waals surface area contributed by atoms with Crippen LogP contribution in [-0.4, -0.2) is 23.3 Å². The van der Waals surface area contributed by atoms with Gasteiger partial charge in [-0.2, -0.15) is 0 Å². The van der Waals surface area contributed by atoms with Gasteiger partial charge in [-0.25, -0.2) is 0 Å². The average Bonchev–Trinajstić information content (AvgIpc) is 1.98. The average molecular weight is 188 g/mol. The van der Waals surface area contributed by atoms with Crippen LogP contribution in [0.4, 0.5) is 0 Å². The fraction of sp³-hybridized carbons (Fsp3) is 0.900. The normalized spacial score (nSPS) is 15.1. The lowest BCUT2D eigenvalue weighted by atomic mass is 10.1. The Morgan fingerprint density at radius 2 is 2.15 bits per heavy atom. The number of esters is 1. The highest BCUT2D eigenvalue weighted by Gasteiger charge is 2.13. The monoisotopic (exact) mass is 188 g/mol. The lowest BCUT2D eigenvalue weighted by Crippen LogP contribution is -2.21. The van der Waals surface area contributed by atoms with E-state index in [9.17, 15) is 4.79 Å². The standard InChI is InChI=1S/C10H20O3/c1-4-5-6-10(7-8(2)11)13-9(3)12/h8,10-11H,4-7H2,1-3H3. The summed E-state index contributed by atoms with van der Waals surface area (Å²) in [7, 11) is 0. The Morgan fingerprint density at radius 1 is 1.54 bits per heavy atom. The van der Waals surface area contributed by atoms with Crippen LogP contribution < -0.4 is 0 Å². The molecule has 0 aromatic heterocycles. The number of carbonyl (C=O) groups is 1. The Morgan fingerprint density at radius 3 is 2.54 bits per heavy atom. The minimum atomic E-state index is -0.402. The van der Waals surface area contributed by atoms with E-state index >= 15 is 0 Å². The minimum Gasteiger partial charge on any atom is -0.462 e. The van der Waals surface area contributed by atoms with Crippen molar-refractivity contribution in [1.82, 2.24) is 0 Å². The molecule has 0 aromatic rings. The quantitative estimate of drug-likeness (QED) is 0.647. The van der Waals surface area contributed by atoms with Gasteiger partial charge in [0, 0.05) is 13.3 Å². The van der Waals surface area contributed by atoms with E-state index in [2.05, 4.69) is 6.92 Å². The Labute approximate surface area is 80.1 Å². The van der Waals surface area contributed by atoms with Crippen molar-refractivity contribution in [2.45, 2.75) is 58.7 Å². The number of aliphatic hydroxyl groups excluding tert-OH is 1. The molecular weight excluding hydrogens is 168 g/mol. The van der Waals surface area contributed by atoms with Crippen LogP contribution in [0.25, 0.3) is 0 Å². The zero-order chi connectivity index (χ0) is 10.3. The van der Waals surface area contributed by atoms with Crippen molar-refractivity contribution in [3.63, 3.8) is 0 Å². The Kier molecular flexibility index (Phi) is 6.59. The maximum Gasteiger partial charge on any atom is 0.302 e. The van der Waals surface area contributed by atoms with Crippen LogP contribution in [0, 0.1) is 0 Å². The van der Waals surface area contributed by atoms with Gasteiger partial charge in [-0.3, -0.25) is 4.79 Å². The van der Waals surface area contributed by atoms with E-state index in [1.165, 1.54) is 6.92 Å². The number of hydrogen-bond donors (Lipinski definition) is 1. The third-order valence-electron chi connectivity index (χ3n) is 1.82. The lowest BCUT2D eigenvalue weighted by molar-refractivity contribution is -0.147. The molecule has 78 valence electrons. The molecule has 0 aliphatic carbocycles. The molecule has 0 fully saturated rings. The van der Waals surface area contributed by atoms with Gasteiger partial charge in [0.1, 0.15) is 6.10 Å². The van der Waals surface area contributed by atoms with E-state index in [0.29, 0.717) is 6.42 Å². The number of rotatable bonds is 6. The second kappa shape index (κ2) is 6.89. The summed E-state index contributed by atoms with van der Waals surface area (Å²) < 4.78 is 5.06. The van der Waals surface area contributed by atoms with Gasteiger partial charge in [-0.05, 0) is 13.3 Å². The smallest absolute Gasteiger partial charge is 0.302 e. The van der Waals surface area contributed by atoms with Crippen LogP contribution in [0.1, 0.15) is 46.5 Å². The molecule has 2 atom stereocenters. The predicted octanol–water partition coefficient (Wildman–Crippen LogP) is 1.88. The van der Waals surface area contributed by atoms with Crippen LogP contribution >= 0.6 is 0 Å². The van der Waals surface area contributed by atoms with Crippen molar-refractivity contribution in [3.8, 4) is 0 Å². The molecule has 2 unspecified atom stereocenters. The zero-order valence-electron chi connectivity index (χ0n) is 8.75. The second-order valence-electron chi connectivity index (χ2n) is 3.46. The van der Waals surface area contributed by atoms with E-state index in [0.717, 1.165) is 19.3 Å². The van der Waals surface area contributed by atoms with Crippen molar-refractivity contribution in [1.29, 1.82) is 0 Å². The number of aliphatic hydroxyl groups is 1. The zero-order valence-corrected chi connectivity index (χ0v) is 8.75. The number of unbranched alkanes of at least 4 members (excludes halogenated alkanes) is 1. The predicted molar refractivity (Wildman–Crippen MR) is 51.4 cm³/mol. The minimum absolute atomic E-state index is 0.113. The molecule has 0 amide bonds. The molecule has 0 spiro atoms. The van der Waals surface area contributed by atoms with E-state index in [1.807, 2.05) is 0 Å². The highest BCUT2D eigenvalue weighted by molar-refractivity contribution is 5.66. The number of carbonyl (C=O) groups excluding carboxylic acids is 1. The molecule has 0 aliphatic rings. The summed E-state index contributed by atoms with van der Waals surface area (Å²) in [4.78, 5) is 10.7. The fourth-order valence-corrected chi connectivity index (χ4v) is 1.27. The van der Waals surface area contributed by atoms with Gasteiger partial charge in [0.05, 0.1) is 6.10 Å². The van der Waals surface area contributed by atoms with Crippen LogP contribution in [-0.2, 0) is 9.53 Å². The van der Waals surface area contributed by atoms with Crippen molar-refractivity contribution in [3.05, 3.63) is 0 Å². The van der Waals surface area contributed by atoms with E-state index in [-0.39, 0.29) is 12.1 Å². The molecule has 0 saturated heterocycles. The molecule has 0 rings (SSSR count). The Balaban J connectivity index is 3.80. The van der Waals surface area contributed by atoms with Gasteiger partial charge < -0.3 is 9.84 Å². The maximum atomic E-state index is 10.7. The Hall–Kier alpha value is -0.570. The second-order valence-corrected chi connectivity index (χ2v) is 3.46. The van der Waals surface area contributed by atoms with Crippen LogP contribution in [0.5, 0.6) is 0 Å². The molecule has 3 heteroatoms. The summed E-state index contributed by atoms with van der Waals surface area (Å²) in [6.07, 6.45) is 2.99. The highest BCUT2D eigenvalue weighted by Crippen LogP contribution is 2.11. The first-order valence-electron chi connectivity index (χ1n) is 4.91. The summed E-state index contributed by atoms with van der Waals surface area (Å²) >= 11 is 0. The molecule has 0 aliphatic heterocycles. The summed E-state index contributed by atoms with van der Waals surface area (Å²) in [6.45, 7) is 5.20. The first kappa shape index (κ1) is 12.4. The molecule has 1 N–H and O–H groups in total. The van der Waals surface area contributed by atoms with Crippen molar-refractivity contribution in [2.75, 3.05) is 0 Å². The van der Waals surface area contributed by atoms with Gasteiger partial charge in [-0.15, -0.1) is 0 Å². The molecule has 3 nitrogen and oxygen atoms in total. The molecule has 0 heterocycles. The Bertz CT molecular complexity index is 143. The van der Waals surface area contributed by atoms with E-state index in [4.69, 9.17) is 9.84 Å². The lowest BCUT2D eigenvalue weighted by Gasteiger charge is -2.17. The van der Waals surface area contributed by atoms with Gasteiger partial charge in [-0.1, -0.05) is 19.8 Å². The molecule has 0 radical (unpaired) electrons. The molecule has 0 saturated carbocycles. The third-order valence-corrected chi connectivity index (χ3v) is 1.82. The van der Waals surface area contributed by atoms with Crippen LogP contribution in [0.15, 0.2) is 0 Å². The van der Waals surface area contributed by atoms with Crippen LogP contribution in [0.3, 0.4) is 0 Å².